The predicted molar refractivity (Wildman–Crippen MR) is 77.1 cm³/mol. The summed E-state index contributed by atoms with van der Waals surface area (Å²) in [5.41, 5.74) is 2.01. The van der Waals surface area contributed by atoms with Gasteiger partial charge in [0.1, 0.15) is 0 Å². The van der Waals surface area contributed by atoms with E-state index in [0.29, 0.717) is 18.8 Å². The van der Waals surface area contributed by atoms with Gasteiger partial charge in [0, 0.05) is 16.6 Å². The molecule has 0 spiro atoms. The fourth-order valence-corrected chi connectivity index (χ4v) is 2.22. The van der Waals surface area contributed by atoms with Crippen LogP contribution in [0.5, 0.6) is 0 Å². The van der Waals surface area contributed by atoms with Crippen molar-refractivity contribution in [2.75, 3.05) is 0 Å². The van der Waals surface area contributed by atoms with Gasteiger partial charge >= 0.3 is 5.97 Å². The minimum atomic E-state index is -0.809. The van der Waals surface area contributed by atoms with E-state index < -0.39 is 11.9 Å². The van der Waals surface area contributed by atoms with Crippen LogP contribution in [0.25, 0.3) is 11.4 Å². The van der Waals surface area contributed by atoms with Gasteiger partial charge in [-0.15, -0.1) is 5.10 Å². The summed E-state index contributed by atoms with van der Waals surface area (Å²) in [7, 11) is 0. The molecule has 0 fully saturated rings. The summed E-state index contributed by atoms with van der Waals surface area (Å²) in [6.45, 7) is 4.14. The second kappa shape index (κ2) is 6.13. The first-order valence-corrected chi connectivity index (χ1v) is 7.04. The lowest BCUT2D eigenvalue weighted by Gasteiger charge is -2.09. The summed E-state index contributed by atoms with van der Waals surface area (Å²) >= 11 is 3.49. The van der Waals surface area contributed by atoms with Crippen molar-refractivity contribution in [2.24, 2.45) is 5.92 Å². The van der Waals surface area contributed by atoms with Crippen molar-refractivity contribution < 1.29 is 9.90 Å². The molecule has 0 bridgehead atoms. The summed E-state index contributed by atoms with van der Waals surface area (Å²) in [5, 5.41) is 20.6. The van der Waals surface area contributed by atoms with E-state index in [1.165, 1.54) is 0 Å². The smallest absolute Gasteiger partial charge is 0.306 e. The molecule has 2 aromatic rings. The zero-order chi connectivity index (χ0) is 14.7. The number of halogens is 1. The molecule has 6 nitrogen and oxygen atoms in total. The first-order chi connectivity index (χ1) is 9.49. The molecule has 2 rings (SSSR count). The molecule has 0 radical (unpaired) electrons. The van der Waals surface area contributed by atoms with E-state index in [0.717, 1.165) is 15.6 Å². The molecule has 1 heterocycles. The Kier molecular flexibility index (Phi) is 4.49. The van der Waals surface area contributed by atoms with Crippen LogP contribution in [0.1, 0.15) is 18.9 Å². The van der Waals surface area contributed by atoms with Gasteiger partial charge in [0.15, 0.2) is 5.82 Å². The Balaban J connectivity index is 2.24. The Morgan fingerprint density at radius 1 is 1.50 bits per heavy atom. The lowest BCUT2D eigenvalue weighted by molar-refractivity contribution is -0.141. The van der Waals surface area contributed by atoms with Gasteiger partial charge in [-0.05, 0) is 35.9 Å². The van der Waals surface area contributed by atoms with Crippen LogP contribution in [0.4, 0.5) is 0 Å². The van der Waals surface area contributed by atoms with Crippen molar-refractivity contribution in [1.29, 1.82) is 0 Å². The van der Waals surface area contributed by atoms with Gasteiger partial charge in [0.05, 0.1) is 5.92 Å². The predicted octanol–water partition coefficient (Wildman–Crippen LogP) is 2.52. The SMILES string of the molecule is Cc1ccc(Br)c(-c2nnnn2CCC(C)C(=O)O)c1. The minimum Gasteiger partial charge on any atom is -0.481 e. The average molecular weight is 339 g/mol. The summed E-state index contributed by atoms with van der Waals surface area (Å²) in [6.07, 6.45) is 0.483. The number of aryl methyl sites for hydroxylation is 2. The zero-order valence-electron chi connectivity index (χ0n) is 11.2. The molecule has 0 aliphatic rings. The zero-order valence-corrected chi connectivity index (χ0v) is 12.8. The van der Waals surface area contributed by atoms with Crippen LogP contribution < -0.4 is 0 Å². The van der Waals surface area contributed by atoms with Crippen molar-refractivity contribution in [3.05, 3.63) is 28.2 Å². The normalized spacial score (nSPS) is 12.3. The quantitative estimate of drug-likeness (QED) is 0.905. The Bertz CT molecular complexity index is 627. The molecule has 0 aliphatic carbocycles. The molecule has 1 aromatic carbocycles. The van der Waals surface area contributed by atoms with E-state index in [4.69, 9.17) is 5.11 Å². The number of carbonyl (C=O) groups is 1. The lowest BCUT2D eigenvalue weighted by Crippen LogP contribution is -2.14. The number of hydrogen-bond acceptors (Lipinski definition) is 4. The fourth-order valence-electron chi connectivity index (χ4n) is 1.80. The van der Waals surface area contributed by atoms with Crippen molar-refractivity contribution in [2.45, 2.75) is 26.8 Å². The summed E-state index contributed by atoms with van der Waals surface area (Å²) in [4.78, 5) is 10.8. The third kappa shape index (κ3) is 3.22. The number of carboxylic acids is 1. The van der Waals surface area contributed by atoms with Gasteiger partial charge in [0.2, 0.25) is 0 Å². The van der Waals surface area contributed by atoms with Gasteiger partial charge in [-0.25, -0.2) is 4.68 Å². The number of carboxylic acid groups (broad SMARTS) is 1. The standard InChI is InChI=1S/C13H15BrN4O2/c1-8-3-4-11(14)10(7-8)12-15-16-17-18(12)6-5-9(2)13(19)20/h3-4,7,9H,5-6H2,1-2H3,(H,19,20). The molecule has 1 unspecified atom stereocenters. The second-order valence-electron chi connectivity index (χ2n) is 4.74. The van der Waals surface area contributed by atoms with E-state index >= 15 is 0 Å². The van der Waals surface area contributed by atoms with E-state index in [2.05, 4.69) is 31.5 Å². The van der Waals surface area contributed by atoms with Crippen LogP contribution in [0.2, 0.25) is 0 Å². The number of nitrogens with zero attached hydrogens (tertiary/aromatic N) is 4. The van der Waals surface area contributed by atoms with Crippen LogP contribution in [0, 0.1) is 12.8 Å². The summed E-state index contributed by atoms with van der Waals surface area (Å²) in [6, 6.07) is 5.94. The molecule has 7 heteroatoms. The Morgan fingerprint density at radius 2 is 2.25 bits per heavy atom. The fraction of sp³-hybridized carbons (Fsp3) is 0.385. The Morgan fingerprint density at radius 3 is 2.95 bits per heavy atom. The highest BCUT2D eigenvalue weighted by Gasteiger charge is 2.15. The second-order valence-corrected chi connectivity index (χ2v) is 5.59. The minimum absolute atomic E-state index is 0.423. The van der Waals surface area contributed by atoms with E-state index in [1.807, 2.05) is 25.1 Å². The Labute approximate surface area is 124 Å². The summed E-state index contributed by atoms with van der Waals surface area (Å²) < 4.78 is 2.55. The van der Waals surface area contributed by atoms with Crippen LogP contribution >= 0.6 is 15.9 Å². The molecule has 0 amide bonds. The molecule has 1 atom stereocenters. The maximum atomic E-state index is 10.8. The lowest BCUT2D eigenvalue weighted by atomic mass is 10.1. The third-order valence-corrected chi connectivity index (χ3v) is 3.78. The van der Waals surface area contributed by atoms with Gasteiger partial charge in [0.25, 0.3) is 0 Å². The molecule has 1 aromatic heterocycles. The third-order valence-electron chi connectivity index (χ3n) is 3.09. The number of tetrazole rings is 1. The highest BCUT2D eigenvalue weighted by Crippen LogP contribution is 2.27. The van der Waals surface area contributed by atoms with Crippen molar-refractivity contribution in [1.82, 2.24) is 20.2 Å². The molecule has 0 saturated carbocycles. The van der Waals surface area contributed by atoms with E-state index in [-0.39, 0.29) is 0 Å². The van der Waals surface area contributed by atoms with Crippen molar-refractivity contribution >= 4 is 21.9 Å². The highest BCUT2D eigenvalue weighted by atomic mass is 79.9. The largest absolute Gasteiger partial charge is 0.481 e. The number of benzene rings is 1. The van der Waals surface area contributed by atoms with Gasteiger partial charge < -0.3 is 5.11 Å². The maximum Gasteiger partial charge on any atom is 0.306 e. The molecular weight excluding hydrogens is 324 g/mol. The number of aromatic nitrogens is 4. The highest BCUT2D eigenvalue weighted by molar-refractivity contribution is 9.10. The van der Waals surface area contributed by atoms with Gasteiger partial charge in [-0.3, -0.25) is 4.79 Å². The molecule has 0 saturated heterocycles. The van der Waals surface area contributed by atoms with Gasteiger partial charge in [-0.2, -0.15) is 0 Å². The number of hydrogen-bond donors (Lipinski definition) is 1. The topological polar surface area (TPSA) is 80.9 Å². The van der Waals surface area contributed by atoms with Crippen LogP contribution in [0.15, 0.2) is 22.7 Å². The monoisotopic (exact) mass is 338 g/mol. The van der Waals surface area contributed by atoms with Crippen LogP contribution in [0.3, 0.4) is 0 Å². The molecule has 0 aliphatic heterocycles. The first-order valence-electron chi connectivity index (χ1n) is 6.24. The van der Waals surface area contributed by atoms with Gasteiger partial charge in [-0.1, -0.05) is 34.5 Å². The maximum absolute atomic E-state index is 10.8. The molecule has 106 valence electrons. The molecule has 1 N–H and O–H groups in total. The molecule has 20 heavy (non-hydrogen) atoms. The van der Waals surface area contributed by atoms with E-state index in [9.17, 15) is 4.79 Å². The average Bonchev–Trinajstić information content (AvgIpc) is 2.86. The Hall–Kier alpha value is -1.76. The molecular formula is C13H15BrN4O2. The summed E-state index contributed by atoms with van der Waals surface area (Å²) in [5.74, 6) is -0.595. The first kappa shape index (κ1) is 14.6. The number of rotatable bonds is 5. The van der Waals surface area contributed by atoms with Crippen molar-refractivity contribution in [3.8, 4) is 11.4 Å². The van der Waals surface area contributed by atoms with E-state index in [1.54, 1.807) is 11.6 Å². The van der Waals surface area contributed by atoms with Crippen molar-refractivity contribution in [3.63, 3.8) is 0 Å². The van der Waals surface area contributed by atoms with Crippen LogP contribution in [-0.2, 0) is 11.3 Å². The number of aliphatic carboxylic acids is 1. The van der Waals surface area contributed by atoms with Crippen LogP contribution in [-0.4, -0.2) is 31.3 Å².